The van der Waals surface area contributed by atoms with Gasteiger partial charge >= 0.3 is 6.72 Å². The minimum absolute atomic E-state index is 0.186. The SMILES string of the molecule is Cc1nc(N)c2ncn([C@@H]3O[C@H](COP(O)(O)=S)[C@@H](O)[C@H]3O)c2n1. The van der Waals surface area contributed by atoms with Crippen molar-refractivity contribution >= 4 is 35.5 Å². The number of ether oxygens (including phenoxy) is 1. The predicted octanol–water partition coefficient (Wildman–Crippen LogP) is -1.44. The maximum atomic E-state index is 10.2. The molecule has 24 heavy (non-hydrogen) atoms. The Balaban J connectivity index is 1.89. The quantitative estimate of drug-likeness (QED) is 0.396. The van der Waals surface area contributed by atoms with E-state index in [4.69, 9.17) is 24.8 Å². The van der Waals surface area contributed by atoms with E-state index in [0.29, 0.717) is 17.0 Å². The van der Waals surface area contributed by atoms with Crippen molar-refractivity contribution in [3.8, 4) is 0 Å². The summed E-state index contributed by atoms with van der Waals surface area (Å²) in [5.74, 6) is 0.598. The zero-order valence-electron chi connectivity index (χ0n) is 12.4. The third-order valence-corrected chi connectivity index (χ3v) is 4.38. The van der Waals surface area contributed by atoms with Gasteiger partial charge in [0.15, 0.2) is 17.7 Å². The third-order valence-electron chi connectivity index (χ3n) is 3.58. The average molecular weight is 377 g/mol. The third kappa shape index (κ3) is 3.27. The van der Waals surface area contributed by atoms with Gasteiger partial charge in [0.2, 0.25) is 0 Å². The van der Waals surface area contributed by atoms with Crippen molar-refractivity contribution in [1.29, 1.82) is 0 Å². The molecule has 6 N–H and O–H groups in total. The second-order valence-electron chi connectivity index (χ2n) is 5.31. The van der Waals surface area contributed by atoms with E-state index in [1.54, 1.807) is 6.92 Å². The molecule has 132 valence electrons. The van der Waals surface area contributed by atoms with E-state index >= 15 is 0 Å². The van der Waals surface area contributed by atoms with Gasteiger partial charge < -0.3 is 35.0 Å². The van der Waals surface area contributed by atoms with Crippen LogP contribution in [0.3, 0.4) is 0 Å². The summed E-state index contributed by atoms with van der Waals surface area (Å²) in [6, 6.07) is 0. The van der Waals surface area contributed by atoms with Crippen LogP contribution in [0, 0.1) is 6.92 Å². The van der Waals surface area contributed by atoms with E-state index < -0.39 is 31.3 Å². The lowest BCUT2D eigenvalue weighted by Crippen LogP contribution is -2.33. The molecule has 4 atom stereocenters. The number of anilines is 1. The number of aryl methyl sites for hydroxylation is 1. The molecule has 0 aromatic carbocycles. The van der Waals surface area contributed by atoms with E-state index in [2.05, 4.69) is 26.8 Å². The second kappa shape index (κ2) is 6.24. The zero-order chi connectivity index (χ0) is 17.6. The van der Waals surface area contributed by atoms with Gasteiger partial charge in [0.25, 0.3) is 0 Å². The molecule has 0 bridgehead atoms. The Bertz CT molecular complexity index is 812. The molecular formula is C11H16N5O6PS. The van der Waals surface area contributed by atoms with Crippen molar-refractivity contribution in [1.82, 2.24) is 19.5 Å². The highest BCUT2D eigenvalue weighted by Crippen LogP contribution is 2.39. The van der Waals surface area contributed by atoms with Gasteiger partial charge in [-0.25, -0.2) is 15.0 Å². The summed E-state index contributed by atoms with van der Waals surface area (Å²) in [5, 5.41) is 20.3. The van der Waals surface area contributed by atoms with Gasteiger partial charge in [0, 0.05) is 0 Å². The lowest BCUT2D eigenvalue weighted by atomic mass is 10.1. The molecule has 2 aromatic heterocycles. The van der Waals surface area contributed by atoms with Gasteiger partial charge in [-0.2, -0.15) is 0 Å². The molecular weight excluding hydrogens is 361 g/mol. The Kier molecular flexibility index (Phi) is 4.57. The molecule has 1 fully saturated rings. The molecule has 1 saturated heterocycles. The summed E-state index contributed by atoms with van der Waals surface area (Å²) in [4.78, 5) is 30.5. The molecule has 0 unspecified atom stereocenters. The average Bonchev–Trinajstić information content (AvgIpc) is 3.00. The van der Waals surface area contributed by atoms with Gasteiger partial charge in [-0.1, -0.05) is 0 Å². The Labute approximate surface area is 140 Å². The van der Waals surface area contributed by atoms with Crippen LogP contribution in [-0.2, 0) is 21.1 Å². The summed E-state index contributed by atoms with van der Waals surface area (Å²) < 4.78 is 11.7. The molecule has 0 amide bonds. The summed E-state index contributed by atoms with van der Waals surface area (Å²) in [5.41, 5.74) is 6.47. The van der Waals surface area contributed by atoms with Crippen LogP contribution in [0.5, 0.6) is 0 Å². The number of nitrogens with two attached hydrogens (primary N) is 1. The summed E-state index contributed by atoms with van der Waals surface area (Å²) in [6.07, 6.45) is -3.30. The van der Waals surface area contributed by atoms with Crippen LogP contribution in [0.1, 0.15) is 12.1 Å². The van der Waals surface area contributed by atoms with Crippen molar-refractivity contribution < 1.29 is 29.3 Å². The number of hydrogen-bond acceptors (Lipinski definition) is 9. The van der Waals surface area contributed by atoms with Crippen molar-refractivity contribution in [2.45, 2.75) is 31.5 Å². The monoisotopic (exact) mass is 377 g/mol. The number of fused-ring (bicyclic) bond motifs is 1. The minimum Gasteiger partial charge on any atom is -0.387 e. The van der Waals surface area contributed by atoms with Crippen LogP contribution in [-0.4, -0.2) is 64.4 Å². The van der Waals surface area contributed by atoms with Crippen molar-refractivity contribution in [3.63, 3.8) is 0 Å². The molecule has 1 aliphatic rings. The lowest BCUT2D eigenvalue weighted by Gasteiger charge is -2.17. The number of aliphatic hydroxyl groups excluding tert-OH is 2. The fraction of sp³-hybridized carbons (Fsp3) is 0.545. The van der Waals surface area contributed by atoms with Crippen LogP contribution in [0.2, 0.25) is 0 Å². The van der Waals surface area contributed by atoms with E-state index in [9.17, 15) is 10.2 Å². The maximum Gasteiger partial charge on any atom is 0.321 e. The normalized spacial score (nSPS) is 27.9. The lowest BCUT2D eigenvalue weighted by molar-refractivity contribution is -0.0487. The standard InChI is InChI=1S/C11H16N5O6PS/c1-4-14-9(12)6-10(15-4)16(3-13-6)11-8(18)7(17)5(22-11)2-21-23(19,20)24/h3,5,7-8,11,17-18H,2H2,1H3,(H2,12,14,15)(H2,19,20,24)/t5-,7-,8-,11-/m1/s1. The van der Waals surface area contributed by atoms with Crippen LogP contribution < -0.4 is 5.73 Å². The smallest absolute Gasteiger partial charge is 0.321 e. The largest absolute Gasteiger partial charge is 0.387 e. The van der Waals surface area contributed by atoms with E-state index in [0.717, 1.165) is 0 Å². The molecule has 3 heterocycles. The number of imidazole rings is 1. The number of aliphatic hydroxyl groups is 2. The Hall–Kier alpha value is -1.24. The molecule has 1 aliphatic heterocycles. The van der Waals surface area contributed by atoms with Gasteiger partial charge in [-0.05, 0) is 18.7 Å². The Morgan fingerprint density at radius 2 is 2.08 bits per heavy atom. The van der Waals surface area contributed by atoms with Crippen molar-refractivity contribution in [2.75, 3.05) is 12.3 Å². The first-order valence-electron chi connectivity index (χ1n) is 6.85. The summed E-state index contributed by atoms with van der Waals surface area (Å²) >= 11 is 4.34. The molecule has 2 aromatic rings. The fourth-order valence-corrected chi connectivity index (χ4v) is 3.03. The van der Waals surface area contributed by atoms with Crippen molar-refractivity contribution in [2.24, 2.45) is 0 Å². The Morgan fingerprint density at radius 1 is 1.38 bits per heavy atom. The number of nitrogen functional groups attached to an aromatic ring is 1. The summed E-state index contributed by atoms with van der Waals surface area (Å²) in [7, 11) is 0. The molecule has 13 heteroatoms. The topological polar surface area (TPSA) is 169 Å². The molecule has 0 aliphatic carbocycles. The molecule has 3 rings (SSSR count). The number of hydrogen-bond donors (Lipinski definition) is 5. The van der Waals surface area contributed by atoms with E-state index in [-0.39, 0.29) is 12.4 Å². The van der Waals surface area contributed by atoms with Crippen LogP contribution >= 0.6 is 6.72 Å². The predicted molar refractivity (Wildman–Crippen MR) is 85.1 cm³/mol. The minimum atomic E-state index is -3.89. The van der Waals surface area contributed by atoms with E-state index in [1.165, 1.54) is 10.9 Å². The van der Waals surface area contributed by atoms with Crippen LogP contribution in [0.15, 0.2) is 6.33 Å². The van der Waals surface area contributed by atoms with Crippen LogP contribution in [0.4, 0.5) is 5.82 Å². The van der Waals surface area contributed by atoms with Gasteiger partial charge in [0.05, 0.1) is 12.9 Å². The number of nitrogens with zero attached hydrogens (tertiary/aromatic N) is 4. The fourth-order valence-electron chi connectivity index (χ4n) is 2.51. The molecule has 0 saturated carbocycles. The number of aromatic nitrogens is 4. The van der Waals surface area contributed by atoms with Gasteiger partial charge in [-0.3, -0.25) is 4.57 Å². The summed E-state index contributed by atoms with van der Waals surface area (Å²) in [6.45, 7) is -2.63. The zero-order valence-corrected chi connectivity index (χ0v) is 14.1. The highest BCUT2D eigenvalue weighted by Gasteiger charge is 2.45. The second-order valence-corrected chi connectivity index (χ2v) is 7.98. The molecule has 11 nitrogen and oxygen atoms in total. The number of rotatable bonds is 4. The first-order valence-corrected chi connectivity index (χ1v) is 9.48. The van der Waals surface area contributed by atoms with Gasteiger partial charge in [-0.15, -0.1) is 0 Å². The maximum absolute atomic E-state index is 10.2. The van der Waals surface area contributed by atoms with Crippen LogP contribution in [0.25, 0.3) is 11.2 Å². The first-order chi connectivity index (χ1) is 11.2. The molecule has 0 spiro atoms. The first kappa shape index (κ1) is 17.6. The van der Waals surface area contributed by atoms with Gasteiger partial charge in [0.1, 0.15) is 29.7 Å². The van der Waals surface area contributed by atoms with Crippen molar-refractivity contribution in [3.05, 3.63) is 12.2 Å². The Morgan fingerprint density at radius 3 is 2.75 bits per heavy atom. The molecule has 0 radical (unpaired) electrons. The highest BCUT2D eigenvalue weighted by molar-refractivity contribution is 8.06. The highest BCUT2D eigenvalue weighted by atomic mass is 32.5. The van der Waals surface area contributed by atoms with E-state index in [1.807, 2.05) is 0 Å².